The van der Waals surface area contributed by atoms with Gasteiger partial charge in [0.05, 0.1) is 10.5 Å². The smallest absolute Gasteiger partial charge is 0.337 e. The largest absolute Gasteiger partial charge is 0.478 e. The summed E-state index contributed by atoms with van der Waals surface area (Å²) >= 11 is 0. The molecule has 0 aliphatic heterocycles. The summed E-state index contributed by atoms with van der Waals surface area (Å²) in [6.45, 7) is 5.98. The molecule has 0 fully saturated rings. The third kappa shape index (κ3) is 4.21. The van der Waals surface area contributed by atoms with Gasteiger partial charge < -0.3 is 10.4 Å². The highest BCUT2D eigenvalue weighted by Gasteiger charge is 2.19. The Morgan fingerprint density at radius 2 is 2.00 bits per heavy atom. The third-order valence-corrected chi connectivity index (χ3v) is 4.14. The molecule has 7 heteroatoms. The topological polar surface area (TPSA) is 95.5 Å². The van der Waals surface area contributed by atoms with E-state index in [2.05, 4.69) is 10.0 Å². The van der Waals surface area contributed by atoms with E-state index in [0.29, 0.717) is 12.2 Å². The summed E-state index contributed by atoms with van der Waals surface area (Å²) in [5, 5.41) is 12.1. The van der Waals surface area contributed by atoms with Gasteiger partial charge in [0.2, 0.25) is 10.0 Å². The van der Waals surface area contributed by atoms with Crippen molar-refractivity contribution in [1.29, 1.82) is 0 Å². The first-order chi connectivity index (χ1) is 9.27. The van der Waals surface area contributed by atoms with Crippen LogP contribution in [0.3, 0.4) is 0 Å². The second-order valence-corrected chi connectivity index (χ2v) is 6.43. The van der Waals surface area contributed by atoms with E-state index in [1.807, 2.05) is 6.92 Å². The van der Waals surface area contributed by atoms with Crippen molar-refractivity contribution >= 4 is 21.7 Å². The minimum atomic E-state index is -3.69. The molecule has 6 nitrogen and oxygen atoms in total. The van der Waals surface area contributed by atoms with E-state index in [0.717, 1.165) is 6.42 Å². The summed E-state index contributed by atoms with van der Waals surface area (Å²) in [7, 11) is -3.69. The van der Waals surface area contributed by atoms with E-state index in [9.17, 15) is 18.3 Å². The molecular weight excluding hydrogens is 280 g/mol. The average molecular weight is 300 g/mol. The number of carboxylic acids is 1. The number of rotatable bonds is 7. The van der Waals surface area contributed by atoms with Crippen molar-refractivity contribution in [1.82, 2.24) is 4.72 Å². The first-order valence-electron chi connectivity index (χ1n) is 6.41. The Morgan fingerprint density at radius 3 is 2.50 bits per heavy atom. The van der Waals surface area contributed by atoms with Gasteiger partial charge in [-0.05, 0) is 38.5 Å². The zero-order valence-electron chi connectivity index (χ0n) is 11.8. The van der Waals surface area contributed by atoms with Gasteiger partial charge in [-0.25, -0.2) is 17.9 Å². The highest BCUT2D eigenvalue weighted by Crippen LogP contribution is 2.21. The Kier molecular flexibility index (Phi) is 5.52. The highest BCUT2D eigenvalue weighted by molar-refractivity contribution is 7.89. The van der Waals surface area contributed by atoms with Crippen LogP contribution in [0.2, 0.25) is 0 Å². The first-order valence-corrected chi connectivity index (χ1v) is 7.89. The zero-order valence-corrected chi connectivity index (χ0v) is 12.6. The molecule has 0 aliphatic carbocycles. The van der Waals surface area contributed by atoms with Crippen molar-refractivity contribution in [2.45, 2.75) is 38.1 Å². The third-order valence-electron chi connectivity index (χ3n) is 2.49. The molecule has 20 heavy (non-hydrogen) atoms. The van der Waals surface area contributed by atoms with E-state index in [1.165, 1.54) is 18.2 Å². The van der Waals surface area contributed by atoms with Gasteiger partial charge in [-0.3, -0.25) is 0 Å². The molecule has 0 heterocycles. The van der Waals surface area contributed by atoms with Crippen molar-refractivity contribution in [2.75, 3.05) is 11.9 Å². The van der Waals surface area contributed by atoms with Crippen molar-refractivity contribution < 1.29 is 18.3 Å². The maximum atomic E-state index is 12.0. The van der Waals surface area contributed by atoms with Crippen molar-refractivity contribution in [3.63, 3.8) is 0 Å². The summed E-state index contributed by atoms with van der Waals surface area (Å²) in [5.41, 5.74) is 0.368. The van der Waals surface area contributed by atoms with Gasteiger partial charge in [-0.2, -0.15) is 0 Å². The summed E-state index contributed by atoms with van der Waals surface area (Å²) in [5.74, 6) is -1.16. The Bertz CT molecular complexity index is 582. The van der Waals surface area contributed by atoms with Crippen LogP contribution in [0.25, 0.3) is 0 Å². The van der Waals surface area contributed by atoms with Gasteiger partial charge in [-0.1, -0.05) is 6.92 Å². The molecule has 0 aromatic heterocycles. The minimum absolute atomic E-state index is 0.0503. The van der Waals surface area contributed by atoms with Crippen LogP contribution in [0.15, 0.2) is 23.1 Å². The lowest BCUT2D eigenvalue weighted by Crippen LogP contribution is -2.30. The first kappa shape index (κ1) is 16.5. The van der Waals surface area contributed by atoms with Gasteiger partial charge >= 0.3 is 5.97 Å². The molecule has 0 atom stereocenters. The standard InChI is InChI=1S/C13H20N2O4S/c1-4-7-14-12-6-5-10(8-11(12)13(16)17)20(18,19)15-9(2)3/h5-6,8-9,14-15H,4,7H2,1-3H3,(H,16,17). The molecule has 3 N–H and O–H groups in total. The number of sulfonamides is 1. The normalized spacial score (nSPS) is 11.6. The molecule has 0 saturated heterocycles. The number of anilines is 1. The van der Waals surface area contributed by atoms with Crippen LogP contribution in [-0.4, -0.2) is 32.1 Å². The number of carboxylic acid groups (broad SMARTS) is 1. The van der Waals surface area contributed by atoms with Gasteiger partial charge in [0.1, 0.15) is 0 Å². The summed E-state index contributed by atoms with van der Waals surface area (Å²) < 4.78 is 26.5. The fourth-order valence-corrected chi connectivity index (χ4v) is 2.94. The number of nitrogens with one attached hydrogen (secondary N) is 2. The number of carbonyl (C=O) groups is 1. The molecule has 0 saturated carbocycles. The number of hydrogen-bond acceptors (Lipinski definition) is 4. The van der Waals surface area contributed by atoms with Crippen LogP contribution in [0.1, 0.15) is 37.6 Å². The van der Waals surface area contributed by atoms with Crippen molar-refractivity contribution in [3.05, 3.63) is 23.8 Å². The quantitative estimate of drug-likeness (QED) is 0.714. The lowest BCUT2D eigenvalue weighted by molar-refractivity contribution is 0.0697. The van der Waals surface area contributed by atoms with Gasteiger partial charge in [0, 0.05) is 18.3 Å². The Balaban J connectivity index is 3.19. The molecule has 1 aromatic carbocycles. The molecule has 1 aromatic rings. The molecule has 0 radical (unpaired) electrons. The van der Waals surface area contributed by atoms with Gasteiger partial charge in [0.25, 0.3) is 0 Å². The molecular formula is C13H20N2O4S. The SMILES string of the molecule is CCCNc1ccc(S(=O)(=O)NC(C)C)cc1C(=O)O. The second kappa shape index (κ2) is 6.71. The maximum absolute atomic E-state index is 12.0. The molecule has 0 aliphatic rings. The lowest BCUT2D eigenvalue weighted by atomic mass is 10.2. The van der Waals surface area contributed by atoms with Crippen molar-refractivity contribution in [2.24, 2.45) is 0 Å². The Morgan fingerprint density at radius 1 is 1.35 bits per heavy atom. The van der Waals surface area contributed by atoms with E-state index >= 15 is 0 Å². The van der Waals surface area contributed by atoms with E-state index < -0.39 is 16.0 Å². The van der Waals surface area contributed by atoms with Crippen LogP contribution in [0.4, 0.5) is 5.69 Å². The fourth-order valence-electron chi connectivity index (χ4n) is 1.66. The van der Waals surface area contributed by atoms with Crippen LogP contribution in [0, 0.1) is 0 Å². The molecule has 0 spiro atoms. The minimum Gasteiger partial charge on any atom is -0.478 e. The summed E-state index contributed by atoms with van der Waals surface area (Å²) in [6.07, 6.45) is 0.841. The predicted octanol–water partition coefficient (Wildman–Crippen LogP) is 1.89. The maximum Gasteiger partial charge on any atom is 0.337 e. The fraction of sp³-hybridized carbons (Fsp3) is 0.462. The average Bonchev–Trinajstić information content (AvgIpc) is 2.34. The highest BCUT2D eigenvalue weighted by atomic mass is 32.2. The van der Waals surface area contributed by atoms with Crippen LogP contribution in [0.5, 0.6) is 0 Å². The molecule has 0 amide bonds. The molecule has 1 rings (SSSR count). The predicted molar refractivity (Wildman–Crippen MR) is 77.6 cm³/mol. The summed E-state index contributed by atoms with van der Waals surface area (Å²) in [6, 6.07) is 3.79. The zero-order chi connectivity index (χ0) is 15.3. The van der Waals surface area contributed by atoms with E-state index in [4.69, 9.17) is 0 Å². The number of aromatic carboxylic acids is 1. The number of benzene rings is 1. The van der Waals surface area contributed by atoms with Crippen LogP contribution < -0.4 is 10.0 Å². The van der Waals surface area contributed by atoms with E-state index in [-0.39, 0.29) is 16.5 Å². The Labute approximate surface area is 119 Å². The van der Waals surface area contributed by atoms with Crippen molar-refractivity contribution in [3.8, 4) is 0 Å². The van der Waals surface area contributed by atoms with Gasteiger partial charge in [-0.15, -0.1) is 0 Å². The van der Waals surface area contributed by atoms with Gasteiger partial charge in [0.15, 0.2) is 0 Å². The number of hydrogen-bond donors (Lipinski definition) is 3. The second-order valence-electron chi connectivity index (χ2n) is 4.72. The molecule has 112 valence electrons. The van der Waals surface area contributed by atoms with E-state index in [1.54, 1.807) is 13.8 Å². The lowest BCUT2D eigenvalue weighted by Gasteiger charge is -2.13. The van der Waals surface area contributed by atoms with Crippen LogP contribution in [-0.2, 0) is 10.0 Å². The van der Waals surface area contributed by atoms with Crippen LogP contribution >= 0.6 is 0 Å². The monoisotopic (exact) mass is 300 g/mol. The molecule has 0 unspecified atom stereocenters. The summed E-state index contributed by atoms with van der Waals surface area (Å²) in [4.78, 5) is 11.2. The molecule has 0 bridgehead atoms. The Hall–Kier alpha value is -1.60.